The zero-order valence-corrected chi connectivity index (χ0v) is 13.4. The van der Waals surface area contributed by atoms with Crippen LogP contribution in [0.5, 0.6) is 0 Å². The van der Waals surface area contributed by atoms with Crippen molar-refractivity contribution >= 4 is 34.8 Å². The second-order valence-corrected chi connectivity index (χ2v) is 6.01. The lowest BCUT2D eigenvalue weighted by Crippen LogP contribution is -2.34. The molecule has 116 valence electrons. The summed E-state index contributed by atoms with van der Waals surface area (Å²) < 4.78 is 0. The normalized spacial score (nSPS) is 10.2. The third kappa shape index (κ3) is 5.46. The number of amides is 2. The van der Waals surface area contributed by atoms with Crippen molar-refractivity contribution in [2.75, 3.05) is 13.1 Å². The standard InChI is InChI=1S/C15H16ClN3O2S/c16-12-8-13(22-10-12)3-4-14(20)18-6-7-19-15(21)11-2-1-5-17-9-11/h1-2,5,8-10H,3-4,6-7H2,(H,18,20)(H,19,21). The van der Waals surface area contributed by atoms with Gasteiger partial charge < -0.3 is 10.6 Å². The summed E-state index contributed by atoms with van der Waals surface area (Å²) in [5.74, 6) is -0.240. The van der Waals surface area contributed by atoms with Gasteiger partial charge in [0, 0.05) is 42.2 Å². The van der Waals surface area contributed by atoms with Gasteiger partial charge >= 0.3 is 0 Å². The van der Waals surface area contributed by atoms with Gasteiger partial charge in [-0.3, -0.25) is 14.6 Å². The van der Waals surface area contributed by atoms with Crippen molar-refractivity contribution in [2.45, 2.75) is 12.8 Å². The van der Waals surface area contributed by atoms with Crippen LogP contribution in [-0.2, 0) is 11.2 Å². The largest absolute Gasteiger partial charge is 0.354 e. The van der Waals surface area contributed by atoms with Crippen LogP contribution in [0.2, 0.25) is 5.02 Å². The highest BCUT2D eigenvalue weighted by Gasteiger charge is 2.06. The molecule has 2 rings (SSSR count). The quantitative estimate of drug-likeness (QED) is 0.761. The average Bonchev–Trinajstić information content (AvgIpc) is 2.96. The zero-order chi connectivity index (χ0) is 15.8. The fourth-order valence-electron chi connectivity index (χ4n) is 1.79. The molecule has 0 aliphatic rings. The predicted octanol–water partition coefficient (Wildman–Crippen LogP) is 2.28. The number of aromatic nitrogens is 1. The monoisotopic (exact) mass is 337 g/mol. The summed E-state index contributed by atoms with van der Waals surface area (Å²) in [5.41, 5.74) is 0.503. The first-order valence-corrected chi connectivity index (χ1v) is 8.09. The Morgan fingerprint density at radius 2 is 2.09 bits per heavy atom. The highest BCUT2D eigenvalue weighted by molar-refractivity contribution is 7.10. The van der Waals surface area contributed by atoms with Gasteiger partial charge in [-0.2, -0.15) is 0 Å². The number of carbonyl (C=O) groups excluding carboxylic acids is 2. The van der Waals surface area contributed by atoms with Crippen LogP contribution in [0.25, 0.3) is 0 Å². The SMILES string of the molecule is O=C(CCc1cc(Cl)cs1)NCCNC(=O)c1cccnc1. The summed E-state index contributed by atoms with van der Waals surface area (Å²) in [4.78, 5) is 28.4. The number of rotatable bonds is 7. The number of hydrogen-bond donors (Lipinski definition) is 2. The van der Waals surface area contributed by atoms with Crippen LogP contribution in [0.15, 0.2) is 36.0 Å². The molecule has 0 radical (unpaired) electrons. The lowest BCUT2D eigenvalue weighted by Gasteiger charge is -2.06. The maximum Gasteiger partial charge on any atom is 0.252 e. The summed E-state index contributed by atoms with van der Waals surface area (Å²) >= 11 is 7.37. The van der Waals surface area contributed by atoms with Crippen molar-refractivity contribution in [1.29, 1.82) is 0 Å². The van der Waals surface area contributed by atoms with Crippen molar-refractivity contribution in [3.8, 4) is 0 Å². The molecule has 7 heteroatoms. The Balaban J connectivity index is 1.60. The van der Waals surface area contributed by atoms with Gasteiger partial charge in [0.1, 0.15) is 0 Å². The van der Waals surface area contributed by atoms with E-state index in [1.54, 1.807) is 29.7 Å². The molecule has 2 aromatic heterocycles. The average molecular weight is 338 g/mol. The first-order chi connectivity index (χ1) is 10.6. The third-order valence-corrected chi connectivity index (χ3v) is 4.22. The Kier molecular flexibility index (Phi) is 6.36. The first kappa shape index (κ1) is 16.5. The Morgan fingerprint density at radius 3 is 2.77 bits per heavy atom. The number of aryl methyl sites for hydroxylation is 1. The highest BCUT2D eigenvalue weighted by Crippen LogP contribution is 2.20. The van der Waals surface area contributed by atoms with Gasteiger partial charge in [-0.05, 0) is 24.6 Å². The summed E-state index contributed by atoms with van der Waals surface area (Å²) in [6.45, 7) is 0.778. The minimum absolute atomic E-state index is 0.0415. The molecule has 2 heterocycles. The molecule has 0 atom stereocenters. The minimum atomic E-state index is -0.199. The molecular formula is C15H16ClN3O2S. The van der Waals surface area contributed by atoms with E-state index in [1.165, 1.54) is 6.20 Å². The van der Waals surface area contributed by atoms with Gasteiger partial charge in [-0.1, -0.05) is 11.6 Å². The van der Waals surface area contributed by atoms with Gasteiger partial charge in [0.2, 0.25) is 5.91 Å². The molecule has 0 fully saturated rings. The van der Waals surface area contributed by atoms with Crippen molar-refractivity contribution < 1.29 is 9.59 Å². The molecule has 22 heavy (non-hydrogen) atoms. The van der Waals surface area contributed by atoms with Gasteiger partial charge in [0.15, 0.2) is 0 Å². The lowest BCUT2D eigenvalue weighted by atomic mass is 10.2. The van der Waals surface area contributed by atoms with Crippen LogP contribution in [0, 0.1) is 0 Å². The van der Waals surface area contributed by atoms with E-state index in [-0.39, 0.29) is 11.8 Å². The van der Waals surface area contributed by atoms with Gasteiger partial charge in [-0.15, -0.1) is 11.3 Å². The fourth-order valence-corrected chi connectivity index (χ4v) is 2.86. The van der Waals surface area contributed by atoms with Crippen LogP contribution in [-0.4, -0.2) is 29.9 Å². The first-order valence-electron chi connectivity index (χ1n) is 6.83. The van der Waals surface area contributed by atoms with E-state index < -0.39 is 0 Å². The van der Waals surface area contributed by atoms with Crippen molar-refractivity contribution in [1.82, 2.24) is 15.6 Å². The molecular weight excluding hydrogens is 322 g/mol. The smallest absolute Gasteiger partial charge is 0.252 e. The Labute approximate surface area is 137 Å². The number of carbonyl (C=O) groups is 2. The molecule has 2 aromatic rings. The molecule has 0 aliphatic heterocycles. The van der Waals surface area contributed by atoms with E-state index in [2.05, 4.69) is 15.6 Å². The van der Waals surface area contributed by atoms with Gasteiger partial charge in [0.25, 0.3) is 5.91 Å². The number of halogens is 1. The van der Waals surface area contributed by atoms with Crippen LogP contribution in [0.4, 0.5) is 0 Å². The van der Waals surface area contributed by atoms with E-state index in [0.717, 1.165) is 4.88 Å². The van der Waals surface area contributed by atoms with Crippen molar-refractivity contribution in [3.05, 3.63) is 51.4 Å². The molecule has 0 bridgehead atoms. The highest BCUT2D eigenvalue weighted by atomic mass is 35.5. The molecule has 0 aliphatic carbocycles. The van der Waals surface area contributed by atoms with E-state index >= 15 is 0 Å². The maximum absolute atomic E-state index is 11.7. The molecule has 0 spiro atoms. The number of nitrogens with zero attached hydrogens (tertiary/aromatic N) is 1. The number of pyridine rings is 1. The number of thiophene rings is 1. The number of hydrogen-bond acceptors (Lipinski definition) is 4. The number of nitrogens with one attached hydrogen (secondary N) is 2. The summed E-state index contributed by atoms with van der Waals surface area (Å²) in [5, 5.41) is 8.05. The van der Waals surface area contributed by atoms with E-state index in [4.69, 9.17) is 11.6 Å². The van der Waals surface area contributed by atoms with E-state index in [9.17, 15) is 9.59 Å². The van der Waals surface area contributed by atoms with E-state index in [1.807, 2.05) is 11.4 Å². The molecule has 2 amide bonds. The van der Waals surface area contributed by atoms with Gasteiger partial charge in [0.05, 0.1) is 10.6 Å². The maximum atomic E-state index is 11.7. The van der Waals surface area contributed by atoms with Crippen LogP contribution in [0.3, 0.4) is 0 Å². The lowest BCUT2D eigenvalue weighted by molar-refractivity contribution is -0.121. The molecule has 2 N–H and O–H groups in total. The third-order valence-electron chi connectivity index (χ3n) is 2.88. The summed E-state index contributed by atoms with van der Waals surface area (Å²) in [7, 11) is 0. The molecule has 0 unspecified atom stereocenters. The van der Waals surface area contributed by atoms with Crippen LogP contribution < -0.4 is 10.6 Å². The van der Waals surface area contributed by atoms with Crippen molar-refractivity contribution in [3.63, 3.8) is 0 Å². The van der Waals surface area contributed by atoms with Gasteiger partial charge in [-0.25, -0.2) is 0 Å². The Hall–Kier alpha value is -1.92. The molecule has 5 nitrogen and oxygen atoms in total. The zero-order valence-electron chi connectivity index (χ0n) is 11.8. The topological polar surface area (TPSA) is 71.1 Å². The molecule has 0 saturated heterocycles. The van der Waals surface area contributed by atoms with Crippen LogP contribution >= 0.6 is 22.9 Å². The van der Waals surface area contributed by atoms with E-state index in [0.29, 0.717) is 36.5 Å². The molecule has 0 aromatic carbocycles. The molecule has 0 saturated carbocycles. The second-order valence-electron chi connectivity index (χ2n) is 4.58. The Bertz CT molecular complexity index is 631. The predicted molar refractivity (Wildman–Crippen MR) is 87.2 cm³/mol. The minimum Gasteiger partial charge on any atom is -0.354 e. The fraction of sp³-hybridized carbons (Fsp3) is 0.267. The second kappa shape index (κ2) is 8.51. The summed E-state index contributed by atoms with van der Waals surface area (Å²) in [6.07, 6.45) is 4.19. The van der Waals surface area contributed by atoms with Crippen LogP contribution in [0.1, 0.15) is 21.7 Å². The summed E-state index contributed by atoms with van der Waals surface area (Å²) in [6, 6.07) is 5.26. The Morgan fingerprint density at radius 1 is 1.27 bits per heavy atom. The van der Waals surface area contributed by atoms with Crippen molar-refractivity contribution in [2.24, 2.45) is 0 Å².